The number of nitrogens with one attached hydrogen (secondary N) is 1. The molecule has 1 aromatic heterocycles. The number of halogens is 2. The second-order valence-electron chi connectivity index (χ2n) is 4.71. The van der Waals surface area contributed by atoms with Crippen molar-refractivity contribution >= 4 is 30.7 Å². The average molecular weight is 321 g/mol. The van der Waals surface area contributed by atoms with Crippen molar-refractivity contribution < 1.29 is 4.79 Å². The third kappa shape index (κ3) is 5.63. The van der Waals surface area contributed by atoms with E-state index < -0.39 is 0 Å². The Kier molecular flexibility index (Phi) is 8.73. The topological polar surface area (TPSA) is 71.2 Å². The van der Waals surface area contributed by atoms with E-state index in [9.17, 15) is 4.79 Å². The normalized spacial score (nSPS) is 13.3. The number of nitrogens with two attached hydrogens (primary N) is 1. The van der Waals surface area contributed by atoms with Gasteiger partial charge in [0.2, 0.25) is 0 Å². The van der Waals surface area contributed by atoms with E-state index >= 15 is 0 Å². The standard InChI is InChI=1S/C13H20N4O.2ClH/c1-17(12-2-3-12)7-6-16-13(18)10-4-5-15-11(8-10)9-14;;/h4-5,8,12H,2-3,6-7,9,14H2,1H3,(H,16,18);2*1H. The van der Waals surface area contributed by atoms with Crippen LogP contribution in [0.5, 0.6) is 0 Å². The molecule has 20 heavy (non-hydrogen) atoms. The van der Waals surface area contributed by atoms with E-state index in [0.29, 0.717) is 18.7 Å². The Labute approximate surface area is 132 Å². The minimum atomic E-state index is -0.0590. The van der Waals surface area contributed by atoms with Crippen LogP contribution in [0, 0.1) is 0 Å². The summed E-state index contributed by atoms with van der Waals surface area (Å²) < 4.78 is 0. The Morgan fingerprint density at radius 2 is 2.20 bits per heavy atom. The lowest BCUT2D eigenvalue weighted by Gasteiger charge is -2.15. The lowest BCUT2D eigenvalue weighted by molar-refractivity contribution is 0.0949. The van der Waals surface area contributed by atoms with Gasteiger partial charge in [0.15, 0.2) is 0 Å². The summed E-state index contributed by atoms with van der Waals surface area (Å²) in [6.45, 7) is 1.92. The maximum Gasteiger partial charge on any atom is 0.251 e. The summed E-state index contributed by atoms with van der Waals surface area (Å²) in [7, 11) is 2.10. The number of hydrogen-bond donors (Lipinski definition) is 2. The van der Waals surface area contributed by atoms with E-state index in [1.807, 2.05) is 0 Å². The Morgan fingerprint density at radius 1 is 1.50 bits per heavy atom. The summed E-state index contributed by atoms with van der Waals surface area (Å²) in [6.07, 6.45) is 4.19. The second kappa shape index (κ2) is 9.13. The first-order valence-corrected chi connectivity index (χ1v) is 6.34. The molecule has 3 N–H and O–H groups in total. The number of amides is 1. The largest absolute Gasteiger partial charge is 0.351 e. The molecular weight excluding hydrogens is 299 g/mol. The molecule has 0 radical (unpaired) electrons. The van der Waals surface area contributed by atoms with Gasteiger partial charge in [0.1, 0.15) is 0 Å². The summed E-state index contributed by atoms with van der Waals surface area (Å²) in [5, 5.41) is 2.91. The number of nitrogens with zero attached hydrogens (tertiary/aromatic N) is 2. The lowest BCUT2D eigenvalue weighted by Crippen LogP contribution is -2.34. The smallest absolute Gasteiger partial charge is 0.251 e. The van der Waals surface area contributed by atoms with Gasteiger partial charge in [-0.25, -0.2) is 0 Å². The monoisotopic (exact) mass is 320 g/mol. The van der Waals surface area contributed by atoms with Crippen LogP contribution in [0.4, 0.5) is 0 Å². The van der Waals surface area contributed by atoms with Crippen molar-refractivity contribution in [3.8, 4) is 0 Å². The molecule has 1 aliphatic carbocycles. The summed E-state index contributed by atoms with van der Waals surface area (Å²) >= 11 is 0. The number of pyridine rings is 1. The van der Waals surface area contributed by atoms with Crippen molar-refractivity contribution in [2.24, 2.45) is 5.73 Å². The van der Waals surface area contributed by atoms with E-state index in [0.717, 1.165) is 18.3 Å². The predicted octanol–water partition coefficient (Wildman–Crippen LogP) is 1.21. The molecule has 7 heteroatoms. The van der Waals surface area contributed by atoms with Crippen LogP contribution in [-0.2, 0) is 6.54 Å². The molecule has 1 saturated carbocycles. The zero-order valence-electron chi connectivity index (χ0n) is 11.5. The van der Waals surface area contributed by atoms with Crippen molar-refractivity contribution in [1.82, 2.24) is 15.2 Å². The zero-order chi connectivity index (χ0) is 13.0. The van der Waals surface area contributed by atoms with Crippen LogP contribution in [0.25, 0.3) is 0 Å². The molecule has 2 rings (SSSR count). The van der Waals surface area contributed by atoms with Gasteiger partial charge in [0.25, 0.3) is 5.91 Å². The molecule has 0 aliphatic heterocycles. The van der Waals surface area contributed by atoms with E-state index in [1.165, 1.54) is 12.8 Å². The highest BCUT2D eigenvalue weighted by molar-refractivity contribution is 5.94. The van der Waals surface area contributed by atoms with Crippen molar-refractivity contribution in [2.45, 2.75) is 25.4 Å². The van der Waals surface area contributed by atoms with Gasteiger partial charge < -0.3 is 16.0 Å². The molecule has 1 amide bonds. The van der Waals surface area contributed by atoms with Gasteiger partial charge in [-0.2, -0.15) is 0 Å². The van der Waals surface area contributed by atoms with Gasteiger partial charge in [-0.1, -0.05) is 0 Å². The minimum absolute atomic E-state index is 0. The third-order valence-corrected chi connectivity index (χ3v) is 3.21. The molecule has 0 aromatic carbocycles. The predicted molar refractivity (Wildman–Crippen MR) is 84.6 cm³/mol. The molecular formula is C13H22Cl2N4O. The van der Waals surface area contributed by atoms with Crippen LogP contribution < -0.4 is 11.1 Å². The molecule has 0 spiro atoms. The molecule has 0 atom stereocenters. The van der Waals surface area contributed by atoms with Crippen LogP contribution >= 0.6 is 24.8 Å². The van der Waals surface area contributed by atoms with Crippen molar-refractivity contribution in [3.63, 3.8) is 0 Å². The first-order valence-electron chi connectivity index (χ1n) is 6.34. The maximum absolute atomic E-state index is 11.9. The van der Waals surface area contributed by atoms with Gasteiger partial charge in [-0.05, 0) is 32.0 Å². The highest BCUT2D eigenvalue weighted by atomic mass is 35.5. The summed E-state index contributed by atoms with van der Waals surface area (Å²) in [4.78, 5) is 18.2. The first-order chi connectivity index (χ1) is 8.70. The fourth-order valence-electron chi connectivity index (χ4n) is 1.88. The molecule has 114 valence electrons. The molecule has 1 fully saturated rings. The summed E-state index contributed by atoms with van der Waals surface area (Å²) in [5.74, 6) is -0.0590. The van der Waals surface area contributed by atoms with Gasteiger partial charge in [0, 0.05) is 37.4 Å². The van der Waals surface area contributed by atoms with Crippen LogP contribution in [0.1, 0.15) is 28.9 Å². The highest BCUT2D eigenvalue weighted by Crippen LogP contribution is 2.24. The van der Waals surface area contributed by atoms with Crippen LogP contribution in [0.15, 0.2) is 18.3 Å². The fourth-order valence-corrected chi connectivity index (χ4v) is 1.88. The van der Waals surface area contributed by atoms with E-state index in [1.54, 1.807) is 18.3 Å². The molecule has 1 aromatic rings. The molecule has 0 unspecified atom stereocenters. The Morgan fingerprint density at radius 3 is 2.80 bits per heavy atom. The fraction of sp³-hybridized carbons (Fsp3) is 0.538. The van der Waals surface area contributed by atoms with Crippen LogP contribution in [0.3, 0.4) is 0 Å². The molecule has 1 heterocycles. The van der Waals surface area contributed by atoms with E-state index in [4.69, 9.17) is 5.73 Å². The average Bonchev–Trinajstić information content (AvgIpc) is 3.23. The Balaban J connectivity index is 0.00000180. The maximum atomic E-state index is 11.9. The van der Waals surface area contributed by atoms with Gasteiger partial charge in [-0.15, -0.1) is 24.8 Å². The number of carbonyl (C=O) groups is 1. The number of rotatable bonds is 6. The van der Waals surface area contributed by atoms with Gasteiger partial charge >= 0.3 is 0 Å². The Bertz CT molecular complexity index is 427. The second-order valence-corrected chi connectivity index (χ2v) is 4.71. The molecule has 1 aliphatic rings. The quantitative estimate of drug-likeness (QED) is 0.826. The van der Waals surface area contributed by atoms with Gasteiger partial charge in [0.05, 0.1) is 5.69 Å². The van der Waals surface area contributed by atoms with Crippen molar-refractivity contribution in [1.29, 1.82) is 0 Å². The number of hydrogen-bond acceptors (Lipinski definition) is 4. The van der Waals surface area contributed by atoms with Crippen molar-refractivity contribution in [3.05, 3.63) is 29.6 Å². The van der Waals surface area contributed by atoms with Crippen LogP contribution in [0.2, 0.25) is 0 Å². The molecule has 0 bridgehead atoms. The zero-order valence-corrected chi connectivity index (χ0v) is 13.2. The summed E-state index contributed by atoms with van der Waals surface area (Å²) in [5.41, 5.74) is 6.86. The van der Waals surface area contributed by atoms with Gasteiger partial charge in [-0.3, -0.25) is 9.78 Å². The molecule has 5 nitrogen and oxygen atoms in total. The summed E-state index contributed by atoms with van der Waals surface area (Å²) in [6, 6.07) is 4.17. The number of aromatic nitrogens is 1. The molecule has 0 saturated heterocycles. The van der Waals surface area contributed by atoms with Crippen LogP contribution in [-0.4, -0.2) is 42.0 Å². The Hall–Kier alpha value is -0.880. The number of likely N-dealkylation sites (N-methyl/N-ethyl adjacent to an activating group) is 1. The lowest BCUT2D eigenvalue weighted by atomic mass is 10.2. The van der Waals surface area contributed by atoms with Crippen molar-refractivity contribution in [2.75, 3.05) is 20.1 Å². The SMILES string of the molecule is CN(CCNC(=O)c1ccnc(CN)c1)C1CC1.Cl.Cl. The first kappa shape index (κ1) is 19.1. The number of carbonyl (C=O) groups excluding carboxylic acids is 1. The third-order valence-electron chi connectivity index (χ3n) is 3.21. The van der Waals surface area contributed by atoms with E-state index in [-0.39, 0.29) is 30.7 Å². The highest BCUT2D eigenvalue weighted by Gasteiger charge is 2.25. The van der Waals surface area contributed by atoms with E-state index in [2.05, 4.69) is 22.2 Å². The minimum Gasteiger partial charge on any atom is -0.351 e.